The molecular formula is C5H8O4. The van der Waals surface area contributed by atoms with E-state index >= 15 is 0 Å². The molecule has 52 valence electrons. The van der Waals surface area contributed by atoms with Gasteiger partial charge in [-0.15, -0.1) is 0 Å². The minimum atomic E-state index is -0.627. The SMILES string of the molecule is CC1(C2OCO2)OCO1. The minimum Gasteiger partial charge on any atom is -0.321 e. The molecule has 2 saturated heterocycles. The molecule has 0 N–H and O–H groups in total. The van der Waals surface area contributed by atoms with Gasteiger partial charge in [0, 0.05) is 0 Å². The van der Waals surface area contributed by atoms with E-state index < -0.39 is 5.79 Å². The number of rotatable bonds is 1. The largest absolute Gasteiger partial charge is 0.321 e. The van der Waals surface area contributed by atoms with Gasteiger partial charge in [-0.3, -0.25) is 0 Å². The van der Waals surface area contributed by atoms with Gasteiger partial charge in [0.05, 0.1) is 0 Å². The monoisotopic (exact) mass is 132 g/mol. The predicted octanol–water partition coefficient (Wildman–Crippen LogP) is 0.0373. The van der Waals surface area contributed by atoms with Crippen LogP contribution in [0.2, 0.25) is 0 Å². The van der Waals surface area contributed by atoms with Crippen LogP contribution in [0.1, 0.15) is 6.92 Å². The van der Waals surface area contributed by atoms with E-state index in [-0.39, 0.29) is 6.29 Å². The summed E-state index contributed by atoms with van der Waals surface area (Å²) in [4.78, 5) is 0. The van der Waals surface area contributed by atoms with Crippen LogP contribution in [-0.4, -0.2) is 25.7 Å². The van der Waals surface area contributed by atoms with E-state index in [4.69, 9.17) is 18.9 Å². The molecule has 0 atom stereocenters. The summed E-state index contributed by atoms with van der Waals surface area (Å²) in [6.45, 7) is 2.49. The molecule has 0 saturated carbocycles. The van der Waals surface area contributed by atoms with Crippen LogP contribution in [0.25, 0.3) is 0 Å². The lowest BCUT2D eigenvalue weighted by Gasteiger charge is -2.46. The Morgan fingerprint density at radius 3 is 2.00 bits per heavy atom. The summed E-state index contributed by atoms with van der Waals surface area (Å²) >= 11 is 0. The normalized spacial score (nSPS) is 33.0. The van der Waals surface area contributed by atoms with Crippen molar-refractivity contribution in [2.24, 2.45) is 0 Å². The highest BCUT2D eigenvalue weighted by Gasteiger charge is 2.48. The Morgan fingerprint density at radius 2 is 1.89 bits per heavy atom. The fraction of sp³-hybridized carbons (Fsp3) is 1.00. The molecule has 4 heteroatoms. The Kier molecular flexibility index (Phi) is 1.04. The molecule has 2 fully saturated rings. The Hall–Kier alpha value is -0.160. The van der Waals surface area contributed by atoms with Crippen molar-refractivity contribution in [2.45, 2.75) is 19.0 Å². The molecule has 2 aliphatic heterocycles. The quantitative estimate of drug-likeness (QED) is 0.504. The molecule has 2 rings (SSSR count). The highest BCUT2D eigenvalue weighted by molar-refractivity contribution is 4.74. The standard InChI is InChI=1S/C5H8O4/c1-5(8-3-9-5)4-6-2-7-4/h4H,2-3H2,1H3. The first-order valence-electron chi connectivity index (χ1n) is 2.82. The van der Waals surface area contributed by atoms with Crippen molar-refractivity contribution < 1.29 is 18.9 Å². The highest BCUT2D eigenvalue weighted by atomic mass is 16.9. The van der Waals surface area contributed by atoms with E-state index in [1.165, 1.54) is 0 Å². The second-order valence-corrected chi connectivity index (χ2v) is 2.21. The van der Waals surface area contributed by atoms with E-state index in [1.807, 2.05) is 0 Å². The molecule has 0 aromatic rings. The smallest absolute Gasteiger partial charge is 0.221 e. The third-order valence-electron chi connectivity index (χ3n) is 1.56. The van der Waals surface area contributed by atoms with Crippen molar-refractivity contribution in [2.75, 3.05) is 13.6 Å². The van der Waals surface area contributed by atoms with E-state index in [1.54, 1.807) is 6.92 Å². The van der Waals surface area contributed by atoms with Crippen molar-refractivity contribution in [3.8, 4) is 0 Å². The van der Waals surface area contributed by atoms with Gasteiger partial charge >= 0.3 is 0 Å². The van der Waals surface area contributed by atoms with Gasteiger partial charge < -0.3 is 18.9 Å². The average Bonchev–Trinajstić information content (AvgIpc) is 1.56. The van der Waals surface area contributed by atoms with E-state index in [0.717, 1.165) is 0 Å². The molecule has 0 radical (unpaired) electrons. The zero-order chi connectivity index (χ0) is 6.32. The van der Waals surface area contributed by atoms with Gasteiger partial charge in [-0.05, 0) is 6.92 Å². The summed E-state index contributed by atoms with van der Waals surface area (Å²) in [7, 11) is 0. The maximum atomic E-state index is 5.05. The molecule has 0 bridgehead atoms. The van der Waals surface area contributed by atoms with Gasteiger partial charge in [0.2, 0.25) is 12.1 Å². The summed E-state index contributed by atoms with van der Waals surface area (Å²) in [6, 6.07) is 0. The maximum absolute atomic E-state index is 5.05. The van der Waals surface area contributed by atoms with Crippen LogP contribution < -0.4 is 0 Å². The first kappa shape index (κ1) is 5.61. The van der Waals surface area contributed by atoms with Crippen LogP contribution in [0.3, 0.4) is 0 Å². The molecule has 0 amide bonds. The van der Waals surface area contributed by atoms with Crippen LogP contribution >= 0.6 is 0 Å². The lowest BCUT2D eigenvalue weighted by atomic mass is 10.3. The van der Waals surface area contributed by atoms with Crippen LogP contribution in [-0.2, 0) is 18.9 Å². The molecule has 9 heavy (non-hydrogen) atoms. The van der Waals surface area contributed by atoms with Crippen molar-refractivity contribution in [3.05, 3.63) is 0 Å². The lowest BCUT2D eigenvalue weighted by molar-refractivity contribution is -0.502. The summed E-state index contributed by atoms with van der Waals surface area (Å²) in [5, 5.41) is 0. The highest BCUT2D eigenvalue weighted by Crippen LogP contribution is 2.32. The van der Waals surface area contributed by atoms with Gasteiger partial charge in [0.15, 0.2) is 13.6 Å². The first-order valence-corrected chi connectivity index (χ1v) is 2.82. The molecule has 0 unspecified atom stereocenters. The Balaban J connectivity index is 1.94. The van der Waals surface area contributed by atoms with Crippen molar-refractivity contribution in [3.63, 3.8) is 0 Å². The van der Waals surface area contributed by atoms with Crippen LogP contribution in [0, 0.1) is 0 Å². The van der Waals surface area contributed by atoms with Gasteiger partial charge in [-0.25, -0.2) is 0 Å². The van der Waals surface area contributed by atoms with Gasteiger partial charge in [0.25, 0.3) is 0 Å². The minimum absolute atomic E-state index is 0.314. The summed E-state index contributed by atoms with van der Waals surface area (Å²) in [6.07, 6.45) is -0.314. The van der Waals surface area contributed by atoms with Crippen LogP contribution in [0.4, 0.5) is 0 Å². The molecule has 4 nitrogen and oxygen atoms in total. The van der Waals surface area contributed by atoms with Crippen molar-refractivity contribution in [1.29, 1.82) is 0 Å². The zero-order valence-corrected chi connectivity index (χ0v) is 5.12. The van der Waals surface area contributed by atoms with Gasteiger partial charge in [0.1, 0.15) is 0 Å². The second-order valence-electron chi connectivity index (χ2n) is 2.21. The van der Waals surface area contributed by atoms with Crippen LogP contribution in [0.5, 0.6) is 0 Å². The number of hydrogen-bond donors (Lipinski definition) is 0. The fourth-order valence-corrected chi connectivity index (χ4v) is 0.820. The molecular weight excluding hydrogens is 124 g/mol. The van der Waals surface area contributed by atoms with E-state index in [9.17, 15) is 0 Å². The predicted molar refractivity (Wildman–Crippen MR) is 26.3 cm³/mol. The fourth-order valence-electron chi connectivity index (χ4n) is 0.820. The third kappa shape index (κ3) is 0.679. The first-order chi connectivity index (χ1) is 4.31. The molecule has 0 aliphatic carbocycles. The molecule has 0 aromatic carbocycles. The van der Waals surface area contributed by atoms with Gasteiger partial charge in [-0.1, -0.05) is 0 Å². The Morgan fingerprint density at radius 1 is 1.22 bits per heavy atom. The maximum Gasteiger partial charge on any atom is 0.221 e. The molecule has 0 spiro atoms. The third-order valence-corrected chi connectivity index (χ3v) is 1.56. The average molecular weight is 132 g/mol. The summed E-state index contributed by atoms with van der Waals surface area (Å²) in [5.74, 6) is -0.627. The molecule has 2 heterocycles. The van der Waals surface area contributed by atoms with Gasteiger partial charge in [-0.2, -0.15) is 0 Å². The van der Waals surface area contributed by atoms with E-state index in [0.29, 0.717) is 13.6 Å². The Bertz CT molecular complexity index is 116. The second kappa shape index (κ2) is 1.67. The summed E-state index contributed by atoms with van der Waals surface area (Å²) < 4.78 is 20.0. The molecule has 0 aromatic heterocycles. The zero-order valence-electron chi connectivity index (χ0n) is 5.12. The topological polar surface area (TPSA) is 36.9 Å². The lowest BCUT2D eigenvalue weighted by Crippen LogP contribution is -2.59. The van der Waals surface area contributed by atoms with E-state index in [2.05, 4.69) is 0 Å². The molecule has 2 aliphatic rings. The van der Waals surface area contributed by atoms with Crippen molar-refractivity contribution >= 4 is 0 Å². The number of ether oxygens (including phenoxy) is 4. The van der Waals surface area contributed by atoms with Crippen LogP contribution in [0.15, 0.2) is 0 Å². The Labute approximate surface area is 52.6 Å². The van der Waals surface area contributed by atoms with Crippen molar-refractivity contribution in [1.82, 2.24) is 0 Å². The summed E-state index contributed by atoms with van der Waals surface area (Å²) in [5.41, 5.74) is 0. The number of hydrogen-bond acceptors (Lipinski definition) is 4.